The molecule has 0 fully saturated rings. The van der Waals surface area contributed by atoms with Crippen molar-refractivity contribution in [2.24, 2.45) is 10.9 Å². The summed E-state index contributed by atoms with van der Waals surface area (Å²) in [6, 6.07) is 16.5. The summed E-state index contributed by atoms with van der Waals surface area (Å²) in [6.07, 6.45) is -0.781. The van der Waals surface area contributed by atoms with Crippen LogP contribution in [0.25, 0.3) is 0 Å². The number of ether oxygens (including phenoxy) is 1. The molecule has 0 bridgehead atoms. The lowest BCUT2D eigenvalue weighted by molar-refractivity contribution is -0.151. The van der Waals surface area contributed by atoms with Gasteiger partial charge in [0.2, 0.25) is 0 Å². The van der Waals surface area contributed by atoms with Crippen LogP contribution in [0, 0.1) is 6.92 Å². The van der Waals surface area contributed by atoms with Crippen molar-refractivity contribution in [3.05, 3.63) is 65.7 Å². The van der Waals surface area contributed by atoms with Gasteiger partial charge in [-0.15, -0.1) is 0 Å². The van der Waals surface area contributed by atoms with E-state index in [0.29, 0.717) is 11.3 Å². The quantitative estimate of drug-likeness (QED) is 0.398. The number of hydrogen-bond acceptors (Lipinski definition) is 4. The molecule has 2 N–H and O–H groups in total. The third-order valence-corrected chi connectivity index (χ3v) is 2.94. The number of para-hydroxylation sites is 1. The maximum Gasteiger partial charge on any atom is 0.374 e. The maximum absolute atomic E-state index is 11.8. The van der Waals surface area contributed by atoms with E-state index >= 15 is 0 Å². The first-order chi connectivity index (χ1) is 10.6. The Balaban J connectivity index is 1.95. The number of rotatable bonds is 5. The molecule has 22 heavy (non-hydrogen) atoms. The van der Waals surface area contributed by atoms with E-state index in [2.05, 4.69) is 5.16 Å². The Morgan fingerprint density at radius 2 is 1.86 bits per heavy atom. The molecular weight excluding hydrogens is 280 g/mol. The molecule has 2 aromatic carbocycles. The number of nitrogens with zero attached hydrogens (tertiary/aromatic N) is 1. The molecule has 0 aromatic heterocycles. The first-order valence-corrected chi connectivity index (χ1v) is 6.89. The normalized spacial score (nSPS) is 12.5. The first-order valence-electron chi connectivity index (χ1n) is 6.89. The minimum Gasteiger partial charge on any atom is -0.479 e. The van der Waals surface area contributed by atoms with E-state index in [1.807, 2.05) is 43.3 Å². The summed E-state index contributed by atoms with van der Waals surface area (Å²) in [5, 5.41) is 3.66. The minimum absolute atomic E-state index is 0.143. The van der Waals surface area contributed by atoms with E-state index in [1.165, 1.54) is 0 Å². The van der Waals surface area contributed by atoms with Crippen molar-refractivity contribution < 1.29 is 14.4 Å². The van der Waals surface area contributed by atoms with Crippen molar-refractivity contribution in [3.8, 4) is 5.75 Å². The van der Waals surface area contributed by atoms with Crippen LogP contribution < -0.4 is 10.5 Å². The van der Waals surface area contributed by atoms with Crippen molar-refractivity contribution >= 4 is 11.8 Å². The summed E-state index contributed by atoms with van der Waals surface area (Å²) in [5.74, 6) is 0.117. The highest BCUT2D eigenvalue weighted by molar-refractivity contribution is 5.97. The lowest BCUT2D eigenvalue weighted by atomic mass is 10.1. The number of hydrogen-bond donors (Lipinski definition) is 1. The summed E-state index contributed by atoms with van der Waals surface area (Å²) in [7, 11) is 0. The Morgan fingerprint density at radius 3 is 2.55 bits per heavy atom. The maximum atomic E-state index is 11.8. The molecular formula is C17H18N2O3. The predicted molar refractivity (Wildman–Crippen MR) is 84.5 cm³/mol. The van der Waals surface area contributed by atoms with Gasteiger partial charge in [0.15, 0.2) is 11.9 Å². The predicted octanol–water partition coefficient (Wildman–Crippen LogP) is 2.63. The second-order valence-electron chi connectivity index (χ2n) is 4.83. The highest BCUT2D eigenvalue weighted by Gasteiger charge is 2.17. The molecule has 0 saturated carbocycles. The summed E-state index contributed by atoms with van der Waals surface area (Å²) < 4.78 is 5.45. The third-order valence-electron chi connectivity index (χ3n) is 2.94. The van der Waals surface area contributed by atoms with Gasteiger partial charge in [0.25, 0.3) is 0 Å². The topological polar surface area (TPSA) is 73.9 Å². The monoisotopic (exact) mass is 298 g/mol. The number of amidine groups is 1. The molecule has 0 aliphatic rings. The number of nitrogens with two attached hydrogens (primary N) is 1. The molecule has 0 saturated heterocycles. The van der Waals surface area contributed by atoms with Crippen LogP contribution in [0.2, 0.25) is 0 Å². The Hall–Kier alpha value is -2.82. The Morgan fingerprint density at radius 1 is 1.14 bits per heavy atom. The Kier molecular flexibility index (Phi) is 5.14. The number of carbonyl (C=O) groups is 1. The SMILES string of the molecule is Cc1cccc(/C(N)=N\OC(=O)[C@H](C)Oc2ccccc2)c1. The number of carbonyl (C=O) groups excluding carboxylic acids is 1. The van der Waals surface area contributed by atoms with Gasteiger partial charge in [-0.2, -0.15) is 0 Å². The largest absolute Gasteiger partial charge is 0.479 e. The fraction of sp³-hybridized carbons (Fsp3) is 0.176. The molecule has 0 unspecified atom stereocenters. The van der Waals surface area contributed by atoms with Gasteiger partial charge in [-0.05, 0) is 32.0 Å². The minimum atomic E-state index is -0.781. The van der Waals surface area contributed by atoms with Gasteiger partial charge in [-0.1, -0.05) is 47.1 Å². The van der Waals surface area contributed by atoms with Crippen LogP contribution in [0.15, 0.2) is 59.8 Å². The zero-order valence-corrected chi connectivity index (χ0v) is 12.5. The van der Waals surface area contributed by atoms with Crippen LogP contribution in [0.1, 0.15) is 18.1 Å². The van der Waals surface area contributed by atoms with Crippen LogP contribution in [-0.2, 0) is 9.63 Å². The Bertz CT molecular complexity index is 669. The summed E-state index contributed by atoms with van der Waals surface area (Å²) in [5.41, 5.74) is 7.54. The van der Waals surface area contributed by atoms with Crippen molar-refractivity contribution in [1.82, 2.24) is 0 Å². The zero-order valence-electron chi connectivity index (χ0n) is 12.5. The van der Waals surface area contributed by atoms with Gasteiger partial charge in [0, 0.05) is 5.56 Å². The smallest absolute Gasteiger partial charge is 0.374 e. The van der Waals surface area contributed by atoms with Gasteiger partial charge in [0.1, 0.15) is 5.75 Å². The zero-order chi connectivity index (χ0) is 15.9. The Labute approximate surface area is 129 Å². The van der Waals surface area contributed by atoms with Crippen LogP contribution in [-0.4, -0.2) is 17.9 Å². The molecule has 5 heteroatoms. The molecule has 2 rings (SSSR count). The second-order valence-corrected chi connectivity index (χ2v) is 4.83. The summed E-state index contributed by atoms with van der Waals surface area (Å²) >= 11 is 0. The molecule has 0 aliphatic carbocycles. The molecule has 2 aromatic rings. The van der Waals surface area contributed by atoms with E-state index in [4.69, 9.17) is 15.3 Å². The molecule has 0 radical (unpaired) electrons. The third kappa shape index (κ3) is 4.34. The van der Waals surface area contributed by atoms with Crippen LogP contribution in [0.4, 0.5) is 0 Å². The van der Waals surface area contributed by atoms with Gasteiger partial charge < -0.3 is 15.3 Å². The lowest BCUT2D eigenvalue weighted by Gasteiger charge is -2.11. The van der Waals surface area contributed by atoms with Crippen molar-refractivity contribution in [2.75, 3.05) is 0 Å². The molecule has 1 atom stereocenters. The molecule has 0 spiro atoms. The van der Waals surface area contributed by atoms with E-state index in [9.17, 15) is 4.79 Å². The highest BCUT2D eigenvalue weighted by Crippen LogP contribution is 2.11. The van der Waals surface area contributed by atoms with Gasteiger partial charge >= 0.3 is 5.97 Å². The average Bonchev–Trinajstić information content (AvgIpc) is 2.53. The molecule has 5 nitrogen and oxygen atoms in total. The van der Waals surface area contributed by atoms with Crippen molar-refractivity contribution in [2.45, 2.75) is 20.0 Å². The first kappa shape index (κ1) is 15.6. The number of oxime groups is 1. The lowest BCUT2D eigenvalue weighted by Crippen LogP contribution is -2.26. The fourth-order valence-electron chi connectivity index (χ4n) is 1.78. The van der Waals surface area contributed by atoms with Crippen LogP contribution >= 0.6 is 0 Å². The fourth-order valence-corrected chi connectivity index (χ4v) is 1.78. The van der Waals surface area contributed by atoms with Crippen LogP contribution in [0.5, 0.6) is 5.75 Å². The van der Waals surface area contributed by atoms with Crippen molar-refractivity contribution in [1.29, 1.82) is 0 Å². The van der Waals surface area contributed by atoms with E-state index < -0.39 is 12.1 Å². The van der Waals surface area contributed by atoms with Gasteiger partial charge in [-0.25, -0.2) is 4.79 Å². The van der Waals surface area contributed by atoms with E-state index in [-0.39, 0.29) is 5.84 Å². The van der Waals surface area contributed by atoms with Crippen molar-refractivity contribution in [3.63, 3.8) is 0 Å². The highest BCUT2D eigenvalue weighted by atomic mass is 16.7. The molecule has 114 valence electrons. The molecule has 0 heterocycles. The average molecular weight is 298 g/mol. The summed E-state index contributed by atoms with van der Waals surface area (Å²) in [4.78, 5) is 16.7. The van der Waals surface area contributed by atoms with E-state index in [0.717, 1.165) is 5.56 Å². The number of benzene rings is 2. The number of aryl methyl sites for hydroxylation is 1. The van der Waals surface area contributed by atoms with Gasteiger partial charge in [-0.3, -0.25) is 0 Å². The standard InChI is InChI=1S/C17H18N2O3/c1-12-7-6-8-14(11-12)16(18)19-22-17(20)13(2)21-15-9-4-3-5-10-15/h3-11,13H,1-2H3,(H2,18,19)/t13-/m0/s1. The van der Waals surface area contributed by atoms with Gasteiger partial charge in [0.05, 0.1) is 0 Å². The second kappa shape index (κ2) is 7.26. The summed E-state index contributed by atoms with van der Waals surface area (Å²) in [6.45, 7) is 3.53. The van der Waals surface area contributed by atoms with E-state index in [1.54, 1.807) is 25.1 Å². The molecule has 0 aliphatic heterocycles. The van der Waals surface area contributed by atoms with Crippen LogP contribution in [0.3, 0.4) is 0 Å². The molecule has 0 amide bonds.